The second-order valence-electron chi connectivity index (χ2n) is 10.3. The van der Waals surface area contributed by atoms with E-state index in [1.54, 1.807) is 10.9 Å². The van der Waals surface area contributed by atoms with Gasteiger partial charge in [0.05, 0.1) is 33.8 Å². The van der Waals surface area contributed by atoms with Crippen LogP contribution < -0.4 is 22.6 Å². The number of nitrogens with two attached hydrogens (primary N) is 1. The molecule has 0 spiro atoms. The highest BCUT2D eigenvalue weighted by Gasteiger charge is 2.35. The van der Waals surface area contributed by atoms with E-state index < -0.39 is 28.5 Å². The van der Waals surface area contributed by atoms with Gasteiger partial charge in [0.2, 0.25) is 0 Å². The molecule has 0 amide bonds. The molecule has 43 heavy (non-hydrogen) atoms. The van der Waals surface area contributed by atoms with Crippen molar-refractivity contribution < 1.29 is 9.52 Å². The Morgan fingerprint density at radius 2 is 1.63 bits per heavy atom. The molecule has 6 aromatic rings. The Balaban J connectivity index is 1.79. The summed E-state index contributed by atoms with van der Waals surface area (Å²) in [6.07, 6.45) is 1.68. The van der Waals surface area contributed by atoms with E-state index in [1.807, 2.05) is 61.5 Å². The highest BCUT2D eigenvalue weighted by molar-refractivity contribution is 6.31. The van der Waals surface area contributed by atoms with Gasteiger partial charge in [0.1, 0.15) is 17.2 Å². The van der Waals surface area contributed by atoms with E-state index in [1.165, 1.54) is 32.3 Å². The minimum atomic E-state index is -1.31. The monoisotopic (exact) mass is 595 g/mol. The Morgan fingerprint density at radius 3 is 2.33 bits per heavy atom. The van der Waals surface area contributed by atoms with E-state index in [9.17, 15) is 19.5 Å². The quantitative estimate of drug-likeness (QED) is 0.280. The molecule has 3 aromatic carbocycles. The molecule has 3 N–H and O–H groups in total. The Bertz CT molecular complexity index is 2210. The predicted molar refractivity (Wildman–Crippen MR) is 165 cm³/mol. The fourth-order valence-corrected chi connectivity index (χ4v) is 5.46. The lowest BCUT2D eigenvalue weighted by molar-refractivity contribution is 0.454. The molecule has 1 unspecified atom stereocenters. The molecule has 11 heteroatoms. The van der Waals surface area contributed by atoms with Crippen LogP contribution >= 0.6 is 11.6 Å². The molecule has 3 heterocycles. The smallest absolute Gasteiger partial charge is 0.344 e. The van der Waals surface area contributed by atoms with Gasteiger partial charge in [-0.3, -0.25) is 13.9 Å². The third kappa shape index (κ3) is 4.61. The van der Waals surface area contributed by atoms with Crippen molar-refractivity contribution in [1.82, 2.24) is 18.9 Å². The van der Waals surface area contributed by atoms with Crippen molar-refractivity contribution in [3.8, 4) is 22.7 Å². The number of hydrogen-bond donors (Lipinski definition) is 2. The first-order valence-corrected chi connectivity index (χ1v) is 13.7. The maximum absolute atomic E-state index is 13.9. The molecular weight excluding hydrogens is 570 g/mol. The molecule has 0 saturated heterocycles. The minimum absolute atomic E-state index is 0.102. The van der Waals surface area contributed by atoms with Crippen molar-refractivity contribution in [3.63, 3.8) is 0 Å². The number of halogens is 1. The van der Waals surface area contributed by atoms with Gasteiger partial charge >= 0.3 is 11.3 Å². The fourth-order valence-electron chi connectivity index (χ4n) is 5.29. The zero-order valence-corrected chi connectivity index (χ0v) is 24.2. The third-order valence-electron chi connectivity index (χ3n) is 7.60. The van der Waals surface area contributed by atoms with Crippen LogP contribution in [0.25, 0.3) is 27.9 Å². The number of benzene rings is 3. The normalized spacial score (nSPS) is 12.1. The first kappa shape index (κ1) is 27.8. The number of rotatable bonds is 5. The summed E-state index contributed by atoms with van der Waals surface area (Å²) >= 11 is 6.24. The molecule has 0 aliphatic rings. The van der Waals surface area contributed by atoms with Crippen LogP contribution in [-0.2, 0) is 14.1 Å². The Morgan fingerprint density at radius 1 is 0.930 bits per heavy atom. The van der Waals surface area contributed by atoms with E-state index >= 15 is 0 Å². The molecule has 0 saturated carbocycles. The zero-order chi connectivity index (χ0) is 30.6. The molecule has 216 valence electrons. The van der Waals surface area contributed by atoms with Gasteiger partial charge in [0, 0.05) is 36.4 Å². The molecule has 0 bridgehead atoms. The lowest BCUT2D eigenvalue weighted by atomic mass is 9.84. The van der Waals surface area contributed by atoms with E-state index in [4.69, 9.17) is 26.9 Å². The maximum Gasteiger partial charge on any atom is 0.344 e. The first-order chi connectivity index (χ1) is 20.6. The van der Waals surface area contributed by atoms with Gasteiger partial charge in [-0.25, -0.2) is 14.3 Å². The molecule has 10 nitrogen and oxygen atoms in total. The van der Waals surface area contributed by atoms with E-state index in [-0.39, 0.29) is 27.9 Å². The van der Waals surface area contributed by atoms with Gasteiger partial charge in [0.25, 0.3) is 5.56 Å². The van der Waals surface area contributed by atoms with Gasteiger partial charge in [0.15, 0.2) is 0 Å². The van der Waals surface area contributed by atoms with Gasteiger partial charge in [-0.2, -0.15) is 5.10 Å². The van der Waals surface area contributed by atoms with E-state index in [0.717, 1.165) is 14.7 Å². The summed E-state index contributed by atoms with van der Waals surface area (Å²) in [6.45, 7) is 1.95. The van der Waals surface area contributed by atoms with Crippen LogP contribution in [0.2, 0.25) is 5.02 Å². The topological polar surface area (TPSA) is 138 Å². The largest absolute Gasteiger partial charge is 0.507 e. The fraction of sp³-hybridized carbons (Fsp3) is 0.125. The van der Waals surface area contributed by atoms with Crippen LogP contribution in [0.15, 0.2) is 97.8 Å². The van der Waals surface area contributed by atoms with Gasteiger partial charge in [-0.05, 0) is 37.3 Å². The zero-order valence-electron chi connectivity index (χ0n) is 23.4. The summed E-state index contributed by atoms with van der Waals surface area (Å²) in [7, 11) is 2.75. The number of para-hydroxylation sites is 1. The average Bonchev–Trinajstić information content (AvgIpc) is 3.44. The van der Waals surface area contributed by atoms with Gasteiger partial charge in [-0.15, -0.1) is 0 Å². The number of aromatic nitrogens is 4. The van der Waals surface area contributed by atoms with Gasteiger partial charge < -0.3 is 15.3 Å². The molecule has 3 aromatic heterocycles. The Kier molecular flexibility index (Phi) is 6.78. The van der Waals surface area contributed by atoms with Crippen LogP contribution in [0.4, 0.5) is 5.82 Å². The summed E-state index contributed by atoms with van der Waals surface area (Å²) in [4.78, 5) is 40.4. The van der Waals surface area contributed by atoms with Crippen molar-refractivity contribution in [2.75, 3.05) is 5.73 Å². The van der Waals surface area contributed by atoms with E-state index in [0.29, 0.717) is 27.5 Å². The molecule has 1 atom stereocenters. The summed E-state index contributed by atoms with van der Waals surface area (Å²) in [5.74, 6) is -1.92. The third-order valence-corrected chi connectivity index (χ3v) is 7.83. The number of fused-ring (bicyclic) bond motifs is 1. The highest BCUT2D eigenvalue weighted by atomic mass is 35.5. The number of aryl methyl sites for hydroxylation is 1. The maximum atomic E-state index is 13.9. The van der Waals surface area contributed by atoms with Crippen LogP contribution in [-0.4, -0.2) is 24.0 Å². The lowest BCUT2D eigenvalue weighted by Crippen LogP contribution is -2.41. The first-order valence-electron chi connectivity index (χ1n) is 13.3. The average molecular weight is 596 g/mol. The number of anilines is 1. The van der Waals surface area contributed by atoms with Crippen molar-refractivity contribution in [3.05, 3.63) is 138 Å². The van der Waals surface area contributed by atoms with E-state index in [2.05, 4.69) is 0 Å². The summed E-state index contributed by atoms with van der Waals surface area (Å²) in [6, 6.07) is 21.3. The number of nitrogen functional groups attached to an aromatic ring is 1. The van der Waals surface area contributed by atoms with Crippen molar-refractivity contribution in [1.29, 1.82) is 0 Å². The van der Waals surface area contributed by atoms with Crippen LogP contribution in [0.1, 0.15) is 28.2 Å². The molecule has 0 fully saturated rings. The highest BCUT2D eigenvalue weighted by Crippen LogP contribution is 2.42. The van der Waals surface area contributed by atoms with Crippen molar-refractivity contribution in [2.24, 2.45) is 14.1 Å². The van der Waals surface area contributed by atoms with Crippen molar-refractivity contribution in [2.45, 2.75) is 12.8 Å². The van der Waals surface area contributed by atoms with Crippen LogP contribution in [0.3, 0.4) is 0 Å². The van der Waals surface area contributed by atoms with Crippen molar-refractivity contribution >= 4 is 28.4 Å². The van der Waals surface area contributed by atoms with Crippen LogP contribution in [0, 0.1) is 6.92 Å². The minimum Gasteiger partial charge on any atom is -0.507 e. The lowest BCUT2D eigenvalue weighted by Gasteiger charge is -2.21. The second kappa shape index (κ2) is 10.5. The second-order valence-corrected chi connectivity index (χ2v) is 10.7. The van der Waals surface area contributed by atoms with Crippen LogP contribution in [0.5, 0.6) is 5.75 Å². The SMILES string of the molecule is Cc1ccc(-c2nn(-c3ccccc3)cc2C(c2c(O)c3cc(Cl)ccc3oc2=O)c2c(N)n(C)c(=O)n(C)c2=O)cc1. The molecule has 6 rings (SSSR count). The Labute approximate surface area is 249 Å². The molecule has 0 radical (unpaired) electrons. The number of aromatic hydroxyl groups is 1. The summed E-state index contributed by atoms with van der Waals surface area (Å²) < 4.78 is 9.30. The van der Waals surface area contributed by atoms with Gasteiger partial charge in [-0.1, -0.05) is 59.6 Å². The molecule has 0 aliphatic heterocycles. The summed E-state index contributed by atoms with van der Waals surface area (Å²) in [5, 5.41) is 17.0. The number of nitrogens with zero attached hydrogens (tertiary/aromatic N) is 4. The standard InChI is InChI=1S/C32H26ClN5O5/c1-17-9-11-18(12-10-17)27-22(16-38(35-27)20-7-5-4-6-8-20)24(26-29(34)36(2)32(42)37(3)30(26)40)25-28(39)21-15-19(33)13-14-23(21)43-31(25)41/h4-16,24,39H,34H2,1-3H3. The molecular formula is C32H26ClN5O5. The predicted octanol–water partition coefficient (Wildman–Crippen LogP) is 4.47. The molecule has 0 aliphatic carbocycles. The number of hydrogen-bond acceptors (Lipinski definition) is 7. The summed E-state index contributed by atoms with van der Waals surface area (Å²) in [5.41, 5.74) is 7.17. The Hall–Kier alpha value is -5.35.